The highest BCUT2D eigenvalue weighted by molar-refractivity contribution is 6.42. The zero-order chi connectivity index (χ0) is 14.5. The second-order valence-corrected chi connectivity index (χ2v) is 4.33. The quantitative estimate of drug-likeness (QED) is 0.684. The zero-order valence-electron chi connectivity index (χ0n) is 10.9. The van der Waals surface area contributed by atoms with E-state index in [1.807, 2.05) is 0 Å². The molecule has 0 aliphatic carbocycles. The Balaban J connectivity index is 2.02. The van der Waals surface area contributed by atoms with Crippen LogP contribution in [0.3, 0.4) is 0 Å². The fraction of sp³-hybridized carbons (Fsp3) is 0.133. The molecule has 1 heterocycles. The maximum absolute atomic E-state index is 13.1. The van der Waals surface area contributed by atoms with Gasteiger partial charge in [-0.15, -0.1) is 0 Å². The fourth-order valence-corrected chi connectivity index (χ4v) is 1.68. The summed E-state index contributed by atoms with van der Waals surface area (Å²) >= 11 is 0. The first kappa shape index (κ1) is 13.9. The van der Waals surface area contributed by atoms with Gasteiger partial charge in [-0.1, -0.05) is 0 Å². The largest absolute Gasteiger partial charge is 0.345 e. The van der Waals surface area contributed by atoms with Crippen molar-refractivity contribution in [3.63, 3.8) is 0 Å². The van der Waals surface area contributed by atoms with E-state index in [-0.39, 0.29) is 12.1 Å². The van der Waals surface area contributed by atoms with E-state index in [2.05, 4.69) is 10.3 Å². The molecular formula is C15H13FN2O2. The van der Waals surface area contributed by atoms with Gasteiger partial charge in [-0.2, -0.15) is 0 Å². The average molecular weight is 272 g/mol. The molecule has 20 heavy (non-hydrogen) atoms. The molecule has 2 rings (SSSR count). The lowest BCUT2D eigenvalue weighted by atomic mass is 10.1. The number of benzene rings is 1. The number of carbonyl (C=O) groups is 2. The topological polar surface area (TPSA) is 59.1 Å². The summed E-state index contributed by atoms with van der Waals surface area (Å²) in [4.78, 5) is 27.5. The van der Waals surface area contributed by atoms with Crippen molar-refractivity contribution in [3.8, 4) is 0 Å². The second-order valence-electron chi connectivity index (χ2n) is 4.33. The molecule has 1 aromatic heterocycles. The van der Waals surface area contributed by atoms with Crippen LogP contribution in [0.15, 0.2) is 42.7 Å². The summed E-state index contributed by atoms with van der Waals surface area (Å²) in [5, 5.41) is 2.52. The number of nitrogens with zero attached hydrogens (tertiary/aromatic N) is 1. The molecule has 0 saturated heterocycles. The molecule has 0 aliphatic heterocycles. The molecule has 0 saturated carbocycles. The molecule has 1 N–H and O–H groups in total. The molecule has 0 spiro atoms. The van der Waals surface area contributed by atoms with Gasteiger partial charge in [0.25, 0.3) is 5.91 Å². The van der Waals surface area contributed by atoms with E-state index in [4.69, 9.17) is 0 Å². The highest BCUT2D eigenvalue weighted by Crippen LogP contribution is 2.10. The standard InChI is InChI=1S/C15H13FN2O2/c1-10-8-12(2-3-13(10)16)14(19)15(20)18-9-11-4-6-17-7-5-11/h2-8H,9H2,1H3,(H,18,20). The molecule has 0 fully saturated rings. The molecule has 102 valence electrons. The number of hydrogen-bond acceptors (Lipinski definition) is 3. The van der Waals surface area contributed by atoms with E-state index in [0.717, 1.165) is 5.56 Å². The molecule has 4 nitrogen and oxygen atoms in total. The van der Waals surface area contributed by atoms with Gasteiger partial charge in [-0.25, -0.2) is 4.39 Å². The lowest BCUT2D eigenvalue weighted by molar-refractivity contribution is -0.117. The number of halogens is 1. The van der Waals surface area contributed by atoms with E-state index in [0.29, 0.717) is 5.56 Å². The van der Waals surface area contributed by atoms with Crippen molar-refractivity contribution < 1.29 is 14.0 Å². The third-order valence-electron chi connectivity index (χ3n) is 2.83. The molecule has 5 heteroatoms. The van der Waals surface area contributed by atoms with Crippen LogP contribution in [0.2, 0.25) is 0 Å². The van der Waals surface area contributed by atoms with Crippen LogP contribution in [0.1, 0.15) is 21.5 Å². The number of nitrogens with one attached hydrogen (secondary N) is 1. The Labute approximate surface area is 115 Å². The zero-order valence-corrected chi connectivity index (χ0v) is 10.9. The maximum atomic E-state index is 13.1. The minimum atomic E-state index is -0.715. The van der Waals surface area contributed by atoms with E-state index in [1.165, 1.54) is 18.2 Å². The number of ketones is 1. The number of aromatic nitrogens is 1. The van der Waals surface area contributed by atoms with Crippen molar-refractivity contribution in [2.75, 3.05) is 0 Å². The first-order chi connectivity index (χ1) is 9.58. The van der Waals surface area contributed by atoms with Gasteiger partial charge in [0.1, 0.15) is 5.82 Å². The van der Waals surface area contributed by atoms with E-state index >= 15 is 0 Å². The molecule has 2 aromatic rings. The first-order valence-electron chi connectivity index (χ1n) is 6.05. The Morgan fingerprint density at radius 1 is 1.20 bits per heavy atom. The number of rotatable bonds is 4. The van der Waals surface area contributed by atoms with Crippen molar-refractivity contribution in [3.05, 3.63) is 65.2 Å². The van der Waals surface area contributed by atoms with Crippen LogP contribution < -0.4 is 5.32 Å². The summed E-state index contributed by atoms with van der Waals surface area (Å²) in [6.07, 6.45) is 3.21. The summed E-state index contributed by atoms with van der Waals surface area (Å²) in [5.74, 6) is -1.80. The van der Waals surface area contributed by atoms with E-state index < -0.39 is 17.5 Å². The van der Waals surface area contributed by atoms with Crippen LogP contribution in [0.4, 0.5) is 4.39 Å². The van der Waals surface area contributed by atoms with Gasteiger partial charge in [0, 0.05) is 24.5 Å². The number of aryl methyl sites for hydroxylation is 1. The highest BCUT2D eigenvalue weighted by atomic mass is 19.1. The minimum Gasteiger partial charge on any atom is -0.345 e. The van der Waals surface area contributed by atoms with Crippen LogP contribution in [-0.4, -0.2) is 16.7 Å². The van der Waals surface area contributed by atoms with Gasteiger partial charge in [-0.05, 0) is 48.4 Å². The maximum Gasteiger partial charge on any atom is 0.292 e. The van der Waals surface area contributed by atoms with Crippen molar-refractivity contribution in [2.45, 2.75) is 13.5 Å². The van der Waals surface area contributed by atoms with Gasteiger partial charge >= 0.3 is 0 Å². The predicted octanol–water partition coefficient (Wildman–Crippen LogP) is 2.03. The van der Waals surface area contributed by atoms with Crippen LogP contribution in [-0.2, 0) is 11.3 Å². The lowest BCUT2D eigenvalue weighted by Gasteiger charge is -2.05. The van der Waals surface area contributed by atoms with Crippen molar-refractivity contribution in [1.29, 1.82) is 0 Å². The van der Waals surface area contributed by atoms with E-state index in [1.54, 1.807) is 31.5 Å². The Hall–Kier alpha value is -2.56. The van der Waals surface area contributed by atoms with Crippen molar-refractivity contribution >= 4 is 11.7 Å². The predicted molar refractivity (Wildman–Crippen MR) is 71.6 cm³/mol. The van der Waals surface area contributed by atoms with Crippen LogP contribution in [0.5, 0.6) is 0 Å². The summed E-state index contributed by atoms with van der Waals surface area (Å²) in [5.41, 5.74) is 1.35. The summed E-state index contributed by atoms with van der Waals surface area (Å²) in [6, 6.07) is 7.33. The SMILES string of the molecule is Cc1cc(C(=O)C(=O)NCc2ccncc2)ccc1F. The van der Waals surface area contributed by atoms with Crippen molar-refractivity contribution in [1.82, 2.24) is 10.3 Å². The third kappa shape index (κ3) is 3.26. The highest BCUT2D eigenvalue weighted by Gasteiger charge is 2.16. The van der Waals surface area contributed by atoms with Gasteiger partial charge < -0.3 is 5.32 Å². The van der Waals surface area contributed by atoms with Gasteiger partial charge in [-0.3, -0.25) is 14.6 Å². The van der Waals surface area contributed by atoms with Crippen LogP contribution in [0.25, 0.3) is 0 Å². The minimum absolute atomic E-state index is 0.177. The van der Waals surface area contributed by atoms with Crippen LogP contribution in [0, 0.1) is 12.7 Å². The molecule has 0 radical (unpaired) electrons. The summed E-state index contributed by atoms with van der Waals surface area (Å²) in [6.45, 7) is 1.79. The van der Waals surface area contributed by atoms with Gasteiger partial charge in [0.2, 0.25) is 5.78 Å². The first-order valence-corrected chi connectivity index (χ1v) is 6.05. The number of amides is 1. The smallest absolute Gasteiger partial charge is 0.292 e. The van der Waals surface area contributed by atoms with Crippen LogP contribution >= 0.6 is 0 Å². The molecule has 1 amide bonds. The molecule has 1 aromatic carbocycles. The number of hydrogen-bond donors (Lipinski definition) is 1. The Morgan fingerprint density at radius 3 is 2.55 bits per heavy atom. The Kier molecular flexibility index (Phi) is 4.20. The van der Waals surface area contributed by atoms with Gasteiger partial charge in [0.05, 0.1) is 0 Å². The number of Topliss-reactive ketones (excluding diaryl/α,β-unsaturated/α-hetero) is 1. The van der Waals surface area contributed by atoms with E-state index in [9.17, 15) is 14.0 Å². The van der Waals surface area contributed by atoms with Crippen molar-refractivity contribution in [2.24, 2.45) is 0 Å². The lowest BCUT2D eigenvalue weighted by Crippen LogP contribution is -2.30. The monoisotopic (exact) mass is 272 g/mol. The molecule has 0 unspecified atom stereocenters. The molecular weight excluding hydrogens is 259 g/mol. The Bertz CT molecular complexity index is 642. The number of carbonyl (C=O) groups excluding carboxylic acids is 2. The summed E-state index contributed by atoms with van der Waals surface area (Å²) < 4.78 is 13.1. The average Bonchev–Trinajstić information content (AvgIpc) is 2.48. The molecule has 0 aliphatic rings. The number of pyridine rings is 1. The Morgan fingerprint density at radius 2 is 1.90 bits per heavy atom. The normalized spacial score (nSPS) is 10.1. The molecule has 0 bridgehead atoms. The van der Waals surface area contributed by atoms with Gasteiger partial charge in [0.15, 0.2) is 0 Å². The summed E-state index contributed by atoms with van der Waals surface area (Å²) in [7, 11) is 0. The second kappa shape index (κ2) is 6.06. The molecule has 0 atom stereocenters. The third-order valence-corrected chi connectivity index (χ3v) is 2.83. The fourth-order valence-electron chi connectivity index (χ4n) is 1.68.